The van der Waals surface area contributed by atoms with Crippen molar-refractivity contribution in [2.75, 3.05) is 0 Å². The van der Waals surface area contributed by atoms with E-state index in [0.717, 1.165) is 11.8 Å². The maximum atomic E-state index is 5.80. The first-order valence-corrected chi connectivity index (χ1v) is 6.07. The Morgan fingerprint density at radius 3 is 2.43 bits per heavy atom. The van der Waals surface area contributed by atoms with Crippen molar-refractivity contribution in [2.24, 2.45) is 11.8 Å². The van der Waals surface area contributed by atoms with E-state index in [2.05, 4.69) is 13.8 Å². The van der Waals surface area contributed by atoms with E-state index in [9.17, 15) is 0 Å². The Labute approximate surface area is 87.5 Å². The van der Waals surface area contributed by atoms with Crippen LogP contribution in [0.5, 0.6) is 0 Å². The highest BCUT2D eigenvalue weighted by Gasteiger charge is 2.27. The molecule has 0 N–H and O–H groups in total. The lowest BCUT2D eigenvalue weighted by molar-refractivity contribution is 0.0418. The van der Waals surface area contributed by atoms with Gasteiger partial charge in [-0.2, -0.15) is 0 Å². The van der Waals surface area contributed by atoms with Crippen molar-refractivity contribution in [1.82, 2.24) is 0 Å². The van der Waals surface area contributed by atoms with Crippen LogP contribution in [0.4, 0.5) is 0 Å². The van der Waals surface area contributed by atoms with E-state index < -0.39 is 0 Å². The summed E-state index contributed by atoms with van der Waals surface area (Å²) >= 11 is 0. The molecule has 0 radical (unpaired) electrons. The molecule has 14 heavy (non-hydrogen) atoms. The lowest BCUT2D eigenvalue weighted by atomic mass is 9.78. The number of hydrogen-bond acceptors (Lipinski definition) is 1. The number of hydrogen-bond donors (Lipinski definition) is 0. The molecule has 1 unspecified atom stereocenters. The van der Waals surface area contributed by atoms with E-state index in [1.165, 1.54) is 44.1 Å². The van der Waals surface area contributed by atoms with Crippen LogP contribution < -0.4 is 0 Å². The third-order valence-corrected chi connectivity index (χ3v) is 3.85. The molecule has 1 heterocycles. The monoisotopic (exact) mass is 194 g/mol. The zero-order chi connectivity index (χ0) is 9.97. The largest absolute Gasteiger partial charge is 0.498 e. The Morgan fingerprint density at radius 2 is 1.86 bits per heavy atom. The van der Waals surface area contributed by atoms with E-state index in [1.807, 2.05) is 6.26 Å². The van der Waals surface area contributed by atoms with E-state index in [1.54, 1.807) is 0 Å². The van der Waals surface area contributed by atoms with Gasteiger partial charge in [0.05, 0.1) is 6.26 Å². The smallest absolute Gasteiger partial charge is 0.101 e. The topological polar surface area (TPSA) is 9.23 Å². The minimum absolute atomic E-state index is 0.534. The van der Waals surface area contributed by atoms with Crippen molar-refractivity contribution in [3.05, 3.63) is 11.8 Å². The van der Waals surface area contributed by atoms with Gasteiger partial charge in [0.25, 0.3) is 0 Å². The van der Waals surface area contributed by atoms with Crippen LogP contribution in [0, 0.1) is 11.8 Å². The number of ether oxygens (including phenoxy) is 1. The maximum absolute atomic E-state index is 5.80. The van der Waals surface area contributed by atoms with Gasteiger partial charge in [-0.3, -0.25) is 0 Å². The highest BCUT2D eigenvalue weighted by Crippen LogP contribution is 2.35. The summed E-state index contributed by atoms with van der Waals surface area (Å²) in [7, 11) is 0. The van der Waals surface area contributed by atoms with Gasteiger partial charge in [-0.1, -0.05) is 19.8 Å². The average Bonchev–Trinajstić information content (AvgIpc) is 2.21. The maximum Gasteiger partial charge on any atom is 0.101 e. The highest BCUT2D eigenvalue weighted by atomic mass is 16.5. The molecule has 1 heteroatoms. The van der Waals surface area contributed by atoms with Crippen LogP contribution in [0.1, 0.15) is 52.4 Å². The summed E-state index contributed by atoms with van der Waals surface area (Å²) in [5, 5.41) is 0. The van der Waals surface area contributed by atoms with Crippen LogP contribution in [0.15, 0.2) is 11.8 Å². The van der Waals surface area contributed by atoms with Crippen molar-refractivity contribution in [2.45, 2.75) is 58.5 Å². The second-order valence-electron chi connectivity index (χ2n) is 5.20. The summed E-state index contributed by atoms with van der Waals surface area (Å²) in [6, 6.07) is 0. The molecule has 0 saturated heterocycles. The van der Waals surface area contributed by atoms with Gasteiger partial charge in [0, 0.05) is 0 Å². The molecular weight excluding hydrogens is 172 g/mol. The van der Waals surface area contributed by atoms with Gasteiger partial charge in [-0.25, -0.2) is 0 Å². The first-order valence-electron chi connectivity index (χ1n) is 6.07. The normalized spacial score (nSPS) is 38.7. The van der Waals surface area contributed by atoms with Gasteiger partial charge in [0.2, 0.25) is 0 Å². The summed E-state index contributed by atoms with van der Waals surface area (Å²) in [5.74, 6) is 1.79. The van der Waals surface area contributed by atoms with Crippen molar-refractivity contribution in [1.29, 1.82) is 0 Å². The SMILES string of the molecule is CC1=COC(C2CCC(C)CC2)CC1. The second-order valence-corrected chi connectivity index (χ2v) is 5.20. The van der Waals surface area contributed by atoms with Crippen molar-refractivity contribution in [3.8, 4) is 0 Å². The molecule has 0 aromatic rings. The first-order chi connectivity index (χ1) is 6.75. The van der Waals surface area contributed by atoms with Crippen molar-refractivity contribution < 1.29 is 4.74 Å². The van der Waals surface area contributed by atoms with Gasteiger partial charge in [-0.05, 0) is 50.0 Å². The Bertz CT molecular complexity index is 211. The van der Waals surface area contributed by atoms with Crippen LogP contribution in [0.2, 0.25) is 0 Å². The molecule has 0 spiro atoms. The first kappa shape index (κ1) is 10.1. The summed E-state index contributed by atoms with van der Waals surface area (Å²) in [6.45, 7) is 4.54. The van der Waals surface area contributed by atoms with E-state index in [4.69, 9.17) is 4.74 Å². The Morgan fingerprint density at radius 1 is 1.14 bits per heavy atom. The molecule has 0 bridgehead atoms. The van der Waals surface area contributed by atoms with Crippen LogP contribution >= 0.6 is 0 Å². The number of rotatable bonds is 1. The fourth-order valence-corrected chi connectivity index (χ4v) is 2.70. The standard InChI is InChI=1S/C13H22O/c1-10-3-6-12(7-4-10)13-8-5-11(2)9-14-13/h9-10,12-13H,3-8H2,1-2H3. The molecule has 2 rings (SSSR count). The molecule has 0 aromatic heterocycles. The molecule has 1 fully saturated rings. The minimum atomic E-state index is 0.534. The van der Waals surface area contributed by atoms with Crippen LogP contribution in [0.25, 0.3) is 0 Å². The summed E-state index contributed by atoms with van der Waals surface area (Å²) < 4.78 is 5.80. The van der Waals surface area contributed by atoms with Crippen LogP contribution in [-0.4, -0.2) is 6.10 Å². The third kappa shape index (κ3) is 2.31. The predicted molar refractivity (Wildman–Crippen MR) is 59.0 cm³/mol. The molecule has 80 valence electrons. The van der Waals surface area contributed by atoms with Gasteiger partial charge in [0.15, 0.2) is 0 Å². The highest BCUT2D eigenvalue weighted by molar-refractivity contribution is 4.98. The summed E-state index contributed by atoms with van der Waals surface area (Å²) in [6.07, 6.45) is 10.6. The van der Waals surface area contributed by atoms with Crippen molar-refractivity contribution in [3.63, 3.8) is 0 Å². The molecule has 0 amide bonds. The third-order valence-electron chi connectivity index (χ3n) is 3.85. The summed E-state index contributed by atoms with van der Waals surface area (Å²) in [4.78, 5) is 0. The molecule has 1 nitrogen and oxygen atoms in total. The van der Waals surface area contributed by atoms with Gasteiger partial charge in [0.1, 0.15) is 6.10 Å². The van der Waals surface area contributed by atoms with Crippen LogP contribution in [-0.2, 0) is 4.74 Å². The average molecular weight is 194 g/mol. The molecule has 1 aliphatic heterocycles. The zero-order valence-corrected chi connectivity index (χ0v) is 9.46. The number of allylic oxidation sites excluding steroid dienone is 1. The summed E-state index contributed by atoms with van der Waals surface area (Å²) in [5.41, 5.74) is 1.41. The van der Waals surface area contributed by atoms with E-state index >= 15 is 0 Å². The Kier molecular flexibility index (Phi) is 3.15. The fourth-order valence-electron chi connectivity index (χ4n) is 2.70. The quantitative estimate of drug-likeness (QED) is 0.615. The molecule has 0 aromatic carbocycles. The van der Waals surface area contributed by atoms with E-state index in [-0.39, 0.29) is 0 Å². The van der Waals surface area contributed by atoms with E-state index in [0.29, 0.717) is 6.10 Å². The Balaban J connectivity index is 1.84. The van der Waals surface area contributed by atoms with Gasteiger partial charge < -0.3 is 4.74 Å². The second kappa shape index (κ2) is 4.37. The van der Waals surface area contributed by atoms with Gasteiger partial charge >= 0.3 is 0 Å². The fraction of sp³-hybridized carbons (Fsp3) is 0.846. The van der Waals surface area contributed by atoms with Gasteiger partial charge in [-0.15, -0.1) is 0 Å². The lowest BCUT2D eigenvalue weighted by Gasteiger charge is -2.34. The molecule has 1 aliphatic carbocycles. The van der Waals surface area contributed by atoms with Crippen molar-refractivity contribution >= 4 is 0 Å². The lowest BCUT2D eigenvalue weighted by Crippen LogP contribution is -2.28. The molecule has 2 aliphatic rings. The predicted octanol–water partition coefficient (Wildman–Crippen LogP) is 3.90. The molecule has 1 atom stereocenters. The molecular formula is C13H22O. The van der Waals surface area contributed by atoms with Crippen LogP contribution in [0.3, 0.4) is 0 Å². The molecule has 1 saturated carbocycles. The Hall–Kier alpha value is -0.460. The zero-order valence-electron chi connectivity index (χ0n) is 9.46. The minimum Gasteiger partial charge on any atom is -0.498 e.